The fourth-order valence-electron chi connectivity index (χ4n) is 2.06. The van der Waals surface area contributed by atoms with Crippen LogP contribution in [0.1, 0.15) is 25.1 Å². The SMILES string of the molecule is COC1CCCC1NCc1ncc[nH]1. The highest BCUT2D eigenvalue weighted by atomic mass is 16.5. The van der Waals surface area contributed by atoms with Crippen molar-refractivity contribution in [1.82, 2.24) is 15.3 Å². The number of imidazole rings is 1. The monoisotopic (exact) mass is 195 g/mol. The molecule has 1 saturated carbocycles. The van der Waals surface area contributed by atoms with Gasteiger partial charge in [-0.15, -0.1) is 0 Å². The minimum absolute atomic E-state index is 0.380. The maximum Gasteiger partial charge on any atom is 0.120 e. The van der Waals surface area contributed by atoms with E-state index in [1.54, 1.807) is 13.3 Å². The maximum absolute atomic E-state index is 5.40. The van der Waals surface area contributed by atoms with Crippen molar-refractivity contribution in [2.75, 3.05) is 7.11 Å². The molecule has 14 heavy (non-hydrogen) atoms. The first-order valence-electron chi connectivity index (χ1n) is 5.14. The lowest BCUT2D eigenvalue weighted by molar-refractivity contribution is 0.0845. The number of H-pyrrole nitrogens is 1. The van der Waals surface area contributed by atoms with E-state index in [2.05, 4.69) is 15.3 Å². The number of hydrogen-bond donors (Lipinski definition) is 2. The Morgan fingerprint density at radius 3 is 3.29 bits per heavy atom. The van der Waals surface area contributed by atoms with Gasteiger partial charge < -0.3 is 15.0 Å². The number of hydrogen-bond acceptors (Lipinski definition) is 3. The second-order valence-corrected chi connectivity index (χ2v) is 3.73. The van der Waals surface area contributed by atoms with Gasteiger partial charge in [0.1, 0.15) is 5.82 Å². The van der Waals surface area contributed by atoms with E-state index in [4.69, 9.17) is 4.74 Å². The highest BCUT2D eigenvalue weighted by Crippen LogP contribution is 2.21. The molecule has 1 fully saturated rings. The van der Waals surface area contributed by atoms with Gasteiger partial charge in [-0.3, -0.25) is 0 Å². The quantitative estimate of drug-likeness (QED) is 0.755. The molecular weight excluding hydrogens is 178 g/mol. The molecule has 0 bridgehead atoms. The molecule has 0 spiro atoms. The molecule has 4 nitrogen and oxygen atoms in total. The predicted molar refractivity (Wildman–Crippen MR) is 53.9 cm³/mol. The van der Waals surface area contributed by atoms with Crippen molar-refractivity contribution in [1.29, 1.82) is 0 Å². The smallest absolute Gasteiger partial charge is 0.120 e. The molecule has 1 aromatic heterocycles. The van der Waals surface area contributed by atoms with Gasteiger partial charge in [0.15, 0.2) is 0 Å². The first-order valence-corrected chi connectivity index (χ1v) is 5.14. The lowest BCUT2D eigenvalue weighted by Crippen LogP contribution is -2.36. The topological polar surface area (TPSA) is 49.9 Å². The molecule has 2 N–H and O–H groups in total. The third kappa shape index (κ3) is 2.13. The summed E-state index contributed by atoms with van der Waals surface area (Å²) in [7, 11) is 1.79. The van der Waals surface area contributed by atoms with Crippen LogP contribution in [-0.4, -0.2) is 29.2 Å². The van der Waals surface area contributed by atoms with Gasteiger partial charge in [-0.1, -0.05) is 0 Å². The highest BCUT2D eigenvalue weighted by molar-refractivity contribution is 4.90. The molecule has 0 aromatic carbocycles. The average Bonchev–Trinajstić information content (AvgIpc) is 2.85. The van der Waals surface area contributed by atoms with Crippen LogP contribution in [0.15, 0.2) is 12.4 Å². The van der Waals surface area contributed by atoms with Crippen LogP contribution in [-0.2, 0) is 11.3 Å². The van der Waals surface area contributed by atoms with Crippen LogP contribution < -0.4 is 5.32 Å². The summed E-state index contributed by atoms with van der Waals surface area (Å²) in [6.07, 6.45) is 7.64. The number of ether oxygens (including phenoxy) is 1. The van der Waals surface area contributed by atoms with Crippen LogP contribution in [0, 0.1) is 0 Å². The summed E-state index contributed by atoms with van der Waals surface area (Å²) in [4.78, 5) is 7.25. The Labute approximate surface area is 84.1 Å². The van der Waals surface area contributed by atoms with Gasteiger partial charge in [0.25, 0.3) is 0 Å². The van der Waals surface area contributed by atoms with Gasteiger partial charge in [-0.2, -0.15) is 0 Å². The number of nitrogens with zero attached hydrogens (tertiary/aromatic N) is 1. The van der Waals surface area contributed by atoms with Gasteiger partial charge >= 0.3 is 0 Å². The zero-order valence-electron chi connectivity index (χ0n) is 8.49. The largest absolute Gasteiger partial charge is 0.380 e. The number of nitrogens with one attached hydrogen (secondary N) is 2. The summed E-state index contributed by atoms with van der Waals surface area (Å²) in [5.74, 6) is 0.992. The number of aromatic amines is 1. The molecule has 0 amide bonds. The van der Waals surface area contributed by atoms with Crippen molar-refractivity contribution in [2.45, 2.75) is 38.0 Å². The normalized spacial score (nSPS) is 26.9. The van der Waals surface area contributed by atoms with Crippen LogP contribution in [0.25, 0.3) is 0 Å². The molecule has 1 heterocycles. The van der Waals surface area contributed by atoms with Crippen molar-refractivity contribution >= 4 is 0 Å². The molecule has 0 radical (unpaired) electrons. The maximum atomic E-state index is 5.40. The number of aromatic nitrogens is 2. The Morgan fingerprint density at radius 1 is 1.64 bits per heavy atom. The summed E-state index contributed by atoms with van der Waals surface area (Å²) in [6.45, 7) is 0.803. The van der Waals surface area contributed by atoms with E-state index < -0.39 is 0 Å². The first kappa shape index (κ1) is 9.68. The number of methoxy groups -OCH3 is 1. The van der Waals surface area contributed by atoms with E-state index in [0.29, 0.717) is 12.1 Å². The summed E-state index contributed by atoms with van der Waals surface area (Å²) < 4.78 is 5.40. The Balaban J connectivity index is 1.80. The van der Waals surface area contributed by atoms with Crippen LogP contribution in [0.2, 0.25) is 0 Å². The van der Waals surface area contributed by atoms with Crippen molar-refractivity contribution in [3.63, 3.8) is 0 Å². The van der Waals surface area contributed by atoms with Crippen molar-refractivity contribution in [3.05, 3.63) is 18.2 Å². The fraction of sp³-hybridized carbons (Fsp3) is 0.700. The second kappa shape index (κ2) is 4.57. The third-order valence-electron chi connectivity index (χ3n) is 2.84. The molecule has 0 aliphatic heterocycles. The lowest BCUT2D eigenvalue weighted by atomic mass is 10.2. The molecule has 2 unspecified atom stereocenters. The van der Waals surface area contributed by atoms with E-state index in [1.165, 1.54) is 19.3 Å². The van der Waals surface area contributed by atoms with E-state index >= 15 is 0 Å². The minimum Gasteiger partial charge on any atom is -0.380 e. The standard InChI is InChI=1S/C10H17N3O/c1-14-9-4-2-3-8(9)13-7-10-11-5-6-12-10/h5-6,8-9,13H,2-4,7H2,1H3,(H,11,12). The van der Waals surface area contributed by atoms with E-state index in [1.807, 2.05) is 6.20 Å². The summed E-state index contributed by atoms with van der Waals surface area (Å²) in [6, 6.07) is 0.491. The van der Waals surface area contributed by atoms with Crippen LogP contribution in [0.3, 0.4) is 0 Å². The Hall–Kier alpha value is -0.870. The van der Waals surface area contributed by atoms with Crippen LogP contribution in [0.5, 0.6) is 0 Å². The predicted octanol–water partition coefficient (Wildman–Crippen LogP) is 1.07. The van der Waals surface area contributed by atoms with Gasteiger partial charge in [0, 0.05) is 25.5 Å². The van der Waals surface area contributed by atoms with E-state index in [-0.39, 0.29) is 0 Å². The molecule has 78 valence electrons. The summed E-state index contributed by atoms with van der Waals surface area (Å²) in [5.41, 5.74) is 0. The van der Waals surface area contributed by atoms with Gasteiger partial charge in [0.2, 0.25) is 0 Å². The molecule has 2 rings (SSSR count). The third-order valence-corrected chi connectivity index (χ3v) is 2.84. The van der Waals surface area contributed by atoms with Crippen molar-refractivity contribution < 1.29 is 4.74 Å². The van der Waals surface area contributed by atoms with E-state index in [9.17, 15) is 0 Å². The molecular formula is C10H17N3O. The molecule has 4 heteroatoms. The molecule has 1 aromatic rings. The molecule has 2 atom stereocenters. The Morgan fingerprint density at radius 2 is 2.57 bits per heavy atom. The molecule has 0 saturated heterocycles. The Bertz CT molecular complexity index is 260. The van der Waals surface area contributed by atoms with Gasteiger partial charge in [0.05, 0.1) is 12.6 Å². The highest BCUT2D eigenvalue weighted by Gasteiger charge is 2.26. The zero-order chi connectivity index (χ0) is 9.80. The van der Waals surface area contributed by atoms with Crippen molar-refractivity contribution in [3.8, 4) is 0 Å². The second-order valence-electron chi connectivity index (χ2n) is 3.73. The Kier molecular flexibility index (Phi) is 3.16. The van der Waals surface area contributed by atoms with Crippen molar-refractivity contribution in [2.24, 2.45) is 0 Å². The fourth-order valence-corrected chi connectivity index (χ4v) is 2.06. The van der Waals surface area contributed by atoms with Gasteiger partial charge in [-0.25, -0.2) is 4.98 Å². The zero-order valence-corrected chi connectivity index (χ0v) is 8.49. The van der Waals surface area contributed by atoms with Crippen LogP contribution >= 0.6 is 0 Å². The summed E-state index contributed by atoms with van der Waals surface area (Å²) in [5, 5.41) is 3.47. The summed E-state index contributed by atoms with van der Waals surface area (Å²) >= 11 is 0. The molecule has 1 aliphatic rings. The van der Waals surface area contributed by atoms with Gasteiger partial charge in [-0.05, 0) is 19.3 Å². The number of rotatable bonds is 4. The van der Waals surface area contributed by atoms with E-state index in [0.717, 1.165) is 12.4 Å². The average molecular weight is 195 g/mol. The lowest BCUT2D eigenvalue weighted by Gasteiger charge is -2.18. The minimum atomic E-state index is 0.380. The first-order chi connectivity index (χ1) is 6.90. The van der Waals surface area contributed by atoms with Crippen LogP contribution in [0.4, 0.5) is 0 Å². The molecule has 1 aliphatic carbocycles.